The van der Waals surface area contributed by atoms with Crippen LogP contribution in [0.15, 0.2) is 47.3 Å². The molecule has 3 aromatic heterocycles. The molecule has 0 fully saturated rings. The van der Waals surface area contributed by atoms with Crippen LogP contribution in [-0.2, 0) is 4.74 Å². The van der Waals surface area contributed by atoms with Crippen LogP contribution in [0.5, 0.6) is 0 Å². The van der Waals surface area contributed by atoms with Gasteiger partial charge in [-0.05, 0) is 38.1 Å². The maximum absolute atomic E-state index is 12.8. The summed E-state index contributed by atoms with van der Waals surface area (Å²) >= 11 is 6.03. The van der Waals surface area contributed by atoms with Crippen molar-refractivity contribution in [3.05, 3.63) is 64.8 Å². The molecule has 1 amide bonds. The number of esters is 1. The molecule has 0 saturated heterocycles. The van der Waals surface area contributed by atoms with Crippen molar-refractivity contribution < 1.29 is 31.9 Å². The normalized spacial score (nSPS) is 13.8. The lowest BCUT2D eigenvalue weighted by Crippen LogP contribution is -2.30. The van der Waals surface area contributed by atoms with Gasteiger partial charge in [0.05, 0.1) is 12.2 Å². The van der Waals surface area contributed by atoms with Gasteiger partial charge in [0.15, 0.2) is 11.8 Å². The largest absolute Gasteiger partial charge is 0.458 e. The number of carbonyl (C=O) groups is 2. The monoisotopic (exact) mass is 480 g/mol. The summed E-state index contributed by atoms with van der Waals surface area (Å²) in [4.78, 5) is 29.2. The second kappa shape index (κ2) is 8.39. The summed E-state index contributed by atoms with van der Waals surface area (Å²) in [5.41, 5.74) is 0.340. The van der Waals surface area contributed by atoms with Gasteiger partial charge in [-0.25, -0.2) is 14.3 Å². The molecule has 0 radical (unpaired) electrons. The van der Waals surface area contributed by atoms with Crippen LogP contribution in [0.25, 0.3) is 16.6 Å². The number of furan rings is 1. The zero-order chi connectivity index (χ0) is 23.9. The number of hydrogen-bond acceptors (Lipinski definition) is 6. The van der Waals surface area contributed by atoms with Gasteiger partial charge in [-0.1, -0.05) is 11.6 Å². The first kappa shape index (κ1) is 22.6. The molecule has 0 bridgehead atoms. The van der Waals surface area contributed by atoms with Gasteiger partial charge in [0.2, 0.25) is 0 Å². The molecule has 33 heavy (non-hydrogen) atoms. The van der Waals surface area contributed by atoms with Gasteiger partial charge in [-0.3, -0.25) is 4.79 Å². The molecule has 2 atom stereocenters. The second-order valence-electron chi connectivity index (χ2n) is 7.25. The lowest BCUT2D eigenvalue weighted by Gasteiger charge is -2.16. The molecule has 4 rings (SSSR count). The van der Waals surface area contributed by atoms with Crippen molar-refractivity contribution >= 4 is 40.1 Å². The Labute approximate surface area is 189 Å². The highest BCUT2D eigenvalue weighted by molar-refractivity contribution is 6.32. The molecule has 8 nitrogen and oxygen atoms in total. The molecule has 1 unspecified atom stereocenters. The molecule has 1 aromatic carbocycles. The van der Waals surface area contributed by atoms with E-state index < -0.39 is 30.2 Å². The average molecular weight is 481 g/mol. The molecule has 0 saturated carbocycles. The highest BCUT2D eigenvalue weighted by Crippen LogP contribution is 2.32. The number of fused-ring (bicyclic) bond motifs is 2. The highest BCUT2D eigenvalue weighted by atomic mass is 35.5. The first-order valence-corrected chi connectivity index (χ1v) is 10.0. The van der Waals surface area contributed by atoms with Crippen molar-refractivity contribution in [3.63, 3.8) is 0 Å². The van der Waals surface area contributed by atoms with Gasteiger partial charge in [0, 0.05) is 22.8 Å². The molecule has 4 aromatic rings. The van der Waals surface area contributed by atoms with E-state index in [-0.39, 0.29) is 27.5 Å². The Hall–Kier alpha value is -3.60. The fourth-order valence-corrected chi connectivity index (χ4v) is 3.35. The number of rotatable bonds is 5. The van der Waals surface area contributed by atoms with E-state index >= 15 is 0 Å². The lowest BCUT2D eigenvalue weighted by molar-refractivity contribution is -0.198. The Kier molecular flexibility index (Phi) is 5.75. The Balaban J connectivity index is 1.60. The van der Waals surface area contributed by atoms with Crippen molar-refractivity contribution in [2.45, 2.75) is 32.2 Å². The van der Waals surface area contributed by atoms with Crippen LogP contribution in [0.2, 0.25) is 5.02 Å². The van der Waals surface area contributed by atoms with Crippen LogP contribution >= 0.6 is 11.6 Å². The third-order valence-corrected chi connectivity index (χ3v) is 5.08. The van der Waals surface area contributed by atoms with Crippen molar-refractivity contribution in [2.75, 3.05) is 0 Å². The maximum atomic E-state index is 12.8. The van der Waals surface area contributed by atoms with Crippen molar-refractivity contribution in [3.8, 4) is 0 Å². The van der Waals surface area contributed by atoms with E-state index in [4.69, 9.17) is 16.0 Å². The minimum absolute atomic E-state index is 0.00692. The fourth-order valence-electron chi connectivity index (χ4n) is 3.13. The second-order valence-corrected chi connectivity index (χ2v) is 7.69. The van der Waals surface area contributed by atoms with E-state index in [1.165, 1.54) is 29.0 Å². The van der Waals surface area contributed by atoms with Crippen molar-refractivity contribution in [2.24, 2.45) is 0 Å². The first-order chi connectivity index (χ1) is 15.5. The van der Waals surface area contributed by atoms with Gasteiger partial charge in [-0.2, -0.15) is 18.3 Å². The van der Waals surface area contributed by atoms with Crippen LogP contribution in [0.1, 0.15) is 46.4 Å². The number of nitrogens with one attached hydrogen (secondary N) is 1. The molecule has 1 N–H and O–H groups in total. The smallest absolute Gasteiger partial charge is 0.425 e. The Morgan fingerprint density at radius 1 is 1.21 bits per heavy atom. The van der Waals surface area contributed by atoms with E-state index in [2.05, 4.69) is 20.1 Å². The number of hydrogen-bond donors (Lipinski definition) is 1. The zero-order valence-corrected chi connectivity index (χ0v) is 17.9. The van der Waals surface area contributed by atoms with Crippen molar-refractivity contribution in [1.82, 2.24) is 19.9 Å². The summed E-state index contributed by atoms with van der Waals surface area (Å²) in [5.74, 6) is -1.45. The van der Waals surface area contributed by atoms with E-state index in [1.54, 1.807) is 19.2 Å². The molecule has 172 valence electrons. The Morgan fingerprint density at radius 2 is 1.97 bits per heavy atom. The lowest BCUT2D eigenvalue weighted by atomic mass is 10.1. The Morgan fingerprint density at radius 3 is 2.70 bits per heavy atom. The number of nitrogens with zero attached hydrogens (tertiary/aromatic N) is 3. The van der Waals surface area contributed by atoms with E-state index in [0.29, 0.717) is 11.0 Å². The molecule has 0 aliphatic heterocycles. The minimum atomic E-state index is -4.71. The van der Waals surface area contributed by atoms with Crippen LogP contribution in [0, 0.1) is 0 Å². The zero-order valence-electron chi connectivity index (χ0n) is 17.2. The van der Waals surface area contributed by atoms with Gasteiger partial charge >= 0.3 is 12.1 Å². The van der Waals surface area contributed by atoms with E-state index in [0.717, 1.165) is 13.0 Å². The van der Waals surface area contributed by atoms with Crippen LogP contribution in [0.3, 0.4) is 0 Å². The number of carbonyl (C=O) groups excluding carboxylic acids is 2. The van der Waals surface area contributed by atoms with Crippen LogP contribution < -0.4 is 5.32 Å². The Bertz CT molecular complexity index is 1360. The van der Waals surface area contributed by atoms with Gasteiger partial charge in [-0.15, -0.1) is 0 Å². The maximum Gasteiger partial charge on any atom is 0.425 e. The SMILES string of the molecule is CC(OC(=O)c1cc(Cl)cc2cc([C@H](C)NC(=O)c3cnn4cccnc34)oc12)C(F)(F)F. The van der Waals surface area contributed by atoms with E-state index in [1.807, 2.05) is 0 Å². The van der Waals surface area contributed by atoms with Crippen molar-refractivity contribution in [1.29, 1.82) is 0 Å². The molecule has 0 aliphatic carbocycles. The van der Waals surface area contributed by atoms with Gasteiger partial charge < -0.3 is 14.5 Å². The molecule has 3 heterocycles. The predicted molar refractivity (Wildman–Crippen MR) is 111 cm³/mol. The molecule has 0 aliphatic rings. The van der Waals surface area contributed by atoms with Crippen LogP contribution in [0.4, 0.5) is 13.2 Å². The molecular weight excluding hydrogens is 465 g/mol. The van der Waals surface area contributed by atoms with Gasteiger partial charge in [0.1, 0.15) is 22.5 Å². The number of amides is 1. The summed E-state index contributed by atoms with van der Waals surface area (Å²) in [6.07, 6.45) is -2.48. The summed E-state index contributed by atoms with van der Waals surface area (Å²) in [6.45, 7) is 2.36. The fraction of sp³-hybridized carbons (Fsp3) is 0.238. The summed E-state index contributed by atoms with van der Waals surface area (Å²) in [5, 5.41) is 7.27. The summed E-state index contributed by atoms with van der Waals surface area (Å²) < 4.78 is 50.0. The number of benzene rings is 1. The van der Waals surface area contributed by atoms with E-state index in [9.17, 15) is 22.8 Å². The highest BCUT2D eigenvalue weighted by Gasteiger charge is 2.39. The van der Waals surface area contributed by atoms with Crippen LogP contribution in [-0.4, -0.2) is 38.8 Å². The number of halogens is 4. The molecule has 0 spiro atoms. The summed E-state index contributed by atoms with van der Waals surface area (Å²) in [6, 6.07) is 5.18. The third kappa shape index (κ3) is 4.49. The summed E-state index contributed by atoms with van der Waals surface area (Å²) in [7, 11) is 0. The standard InChI is InChI=1S/C21H16ClF3N4O4/c1-10(28-19(30)15-9-27-29-5-3-4-26-18(15)29)16-7-12-6-13(22)8-14(17(12)33-16)20(31)32-11(2)21(23,24)25/h3-11H,1-2H3,(H,28,30)/t10-,11?/m0/s1. The molecule has 12 heteroatoms. The number of aromatic nitrogens is 3. The number of alkyl halides is 3. The molecular formula is C21H16ClF3N4O4. The topological polar surface area (TPSA) is 98.7 Å². The number of ether oxygens (including phenoxy) is 1. The average Bonchev–Trinajstić information content (AvgIpc) is 3.36. The van der Waals surface area contributed by atoms with Gasteiger partial charge in [0.25, 0.3) is 5.91 Å². The minimum Gasteiger partial charge on any atom is -0.458 e. The quantitative estimate of drug-likeness (QED) is 0.415. The first-order valence-electron chi connectivity index (χ1n) is 9.64. The predicted octanol–water partition coefficient (Wildman–Crippen LogP) is 4.73. The third-order valence-electron chi connectivity index (χ3n) is 4.86.